The first kappa shape index (κ1) is 13.3. The van der Waals surface area contributed by atoms with Crippen LogP contribution < -0.4 is 0 Å². The predicted octanol–water partition coefficient (Wildman–Crippen LogP) is 3.07. The summed E-state index contributed by atoms with van der Waals surface area (Å²) in [5, 5.41) is 9.50. The third kappa shape index (κ3) is 2.67. The molecule has 0 aromatic carbocycles. The van der Waals surface area contributed by atoms with Gasteiger partial charge in [0.25, 0.3) is 0 Å². The maximum absolute atomic E-state index is 11.9. The van der Waals surface area contributed by atoms with E-state index in [2.05, 4.69) is 6.58 Å². The molecule has 0 spiro atoms. The summed E-state index contributed by atoms with van der Waals surface area (Å²) in [5.74, 6) is -0.160. The zero-order chi connectivity index (χ0) is 12.9. The number of esters is 1. The minimum absolute atomic E-state index is 0.219. The summed E-state index contributed by atoms with van der Waals surface area (Å²) in [4.78, 5) is 11.9. The Morgan fingerprint density at radius 3 is 2.76 bits per heavy atom. The normalized spacial score (nSPS) is 24.2. The van der Waals surface area contributed by atoms with Gasteiger partial charge in [0.1, 0.15) is 5.41 Å². The van der Waals surface area contributed by atoms with Gasteiger partial charge in [-0.05, 0) is 25.0 Å². The van der Waals surface area contributed by atoms with E-state index in [1.807, 2.05) is 25.2 Å². The number of rotatable bonds is 4. The molecule has 1 aliphatic carbocycles. The number of methoxy groups -OCH3 is 1. The average Bonchev–Trinajstić information content (AvgIpc) is 2.72. The molecule has 17 heavy (non-hydrogen) atoms. The van der Waals surface area contributed by atoms with Crippen LogP contribution in [0.3, 0.4) is 0 Å². The summed E-state index contributed by atoms with van der Waals surface area (Å²) in [5.41, 5.74) is -0.275. The van der Waals surface area contributed by atoms with E-state index in [4.69, 9.17) is 4.74 Å². The molecule has 1 N–H and O–H groups in total. The Bertz CT molecular complexity index is 402. The molecule has 92 valence electrons. The van der Waals surface area contributed by atoms with Crippen molar-refractivity contribution in [2.24, 2.45) is 5.41 Å². The Morgan fingerprint density at radius 2 is 2.29 bits per heavy atom. The molecule has 0 aromatic rings. The van der Waals surface area contributed by atoms with Gasteiger partial charge in [-0.1, -0.05) is 30.9 Å². The van der Waals surface area contributed by atoms with Crippen LogP contribution in [-0.2, 0) is 9.53 Å². The number of carbonyl (C=O) groups excluding carboxylic acids is 1. The SMILES string of the molecule is C=C(/C=C\C=C/C)[C@]1(C(=O)OC)C=C(O)CC1. The number of hydrogen-bond acceptors (Lipinski definition) is 3. The molecule has 1 rings (SSSR count). The fraction of sp³-hybridized carbons (Fsp3) is 0.357. The Balaban J connectivity index is 3.01. The third-order valence-corrected chi connectivity index (χ3v) is 2.91. The van der Waals surface area contributed by atoms with E-state index < -0.39 is 5.41 Å². The van der Waals surface area contributed by atoms with Gasteiger partial charge >= 0.3 is 5.97 Å². The molecule has 0 fully saturated rings. The number of allylic oxidation sites excluding steroid dienone is 5. The van der Waals surface area contributed by atoms with Crippen LogP contribution in [0.25, 0.3) is 0 Å². The first-order chi connectivity index (χ1) is 8.06. The molecule has 3 heteroatoms. The van der Waals surface area contributed by atoms with Gasteiger partial charge in [0.2, 0.25) is 0 Å². The standard InChI is InChI=1S/C14H18O3/c1-4-5-6-7-11(2)14(13(16)17-3)9-8-12(15)10-14/h4-7,10,15H,2,8-9H2,1,3H3/b5-4-,7-6-/t14-/m1/s1. The smallest absolute Gasteiger partial charge is 0.320 e. The summed E-state index contributed by atoms with van der Waals surface area (Å²) in [7, 11) is 1.34. The van der Waals surface area contributed by atoms with Gasteiger partial charge in [-0.3, -0.25) is 4.79 Å². The molecule has 3 nitrogen and oxygen atoms in total. The zero-order valence-electron chi connectivity index (χ0n) is 10.3. The molecular weight excluding hydrogens is 216 g/mol. The second-order valence-corrected chi connectivity index (χ2v) is 4.01. The number of hydrogen-bond donors (Lipinski definition) is 1. The minimum atomic E-state index is -0.906. The van der Waals surface area contributed by atoms with Gasteiger partial charge in [0, 0.05) is 6.42 Å². The average molecular weight is 234 g/mol. The first-order valence-electron chi connectivity index (χ1n) is 5.54. The molecule has 0 aromatic heterocycles. The van der Waals surface area contributed by atoms with E-state index in [-0.39, 0.29) is 11.7 Å². The van der Waals surface area contributed by atoms with E-state index in [0.29, 0.717) is 18.4 Å². The third-order valence-electron chi connectivity index (χ3n) is 2.91. The fourth-order valence-electron chi connectivity index (χ4n) is 1.91. The van der Waals surface area contributed by atoms with Crippen molar-refractivity contribution in [2.75, 3.05) is 7.11 Å². The largest absolute Gasteiger partial charge is 0.513 e. The maximum atomic E-state index is 11.9. The summed E-state index contributed by atoms with van der Waals surface area (Å²) in [6.45, 7) is 5.81. The number of aliphatic hydroxyl groups excluding tert-OH is 1. The van der Waals surface area contributed by atoms with E-state index in [1.165, 1.54) is 7.11 Å². The van der Waals surface area contributed by atoms with Crippen molar-refractivity contribution in [3.63, 3.8) is 0 Å². The molecule has 1 atom stereocenters. The van der Waals surface area contributed by atoms with E-state index in [1.54, 1.807) is 12.2 Å². The molecule has 0 saturated heterocycles. The number of ether oxygens (including phenoxy) is 1. The highest BCUT2D eigenvalue weighted by Gasteiger charge is 2.43. The van der Waals surface area contributed by atoms with E-state index >= 15 is 0 Å². The molecule has 0 saturated carbocycles. The van der Waals surface area contributed by atoms with Crippen LogP contribution in [0, 0.1) is 5.41 Å². The first-order valence-corrected chi connectivity index (χ1v) is 5.54. The lowest BCUT2D eigenvalue weighted by molar-refractivity contribution is -0.147. The number of aliphatic hydroxyl groups is 1. The molecular formula is C14H18O3. The Morgan fingerprint density at radius 1 is 1.59 bits per heavy atom. The predicted molar refractivity (Wildman–Crippen MR) is 67.5 cm³/mol. The molecule has 0 amide bonds. The summed E-state index contributed by atoms with van der Waals surface area (Å²) in [6.07, 6.45) is 9.85. The highest BCUT2D eigenvalue weighted by molar-refractivity contribution is 5.84. The van der Waals surface area contributed by atoms with Crippen molar-refractivity contribution < 1.29 is 14.6 Å². The van der Waals surface area contributed by atoms with Gasteiger partial charge in [-0.25, -0.2) is 0 Å². The van der Waals surface area contributed by atoms with Crippen LogP contribution in [0.4, 0.5) is 0 Å². The fourth-order valence-corrected chi connectivity index (χ4v) is 1.91. The van der Waals surface area contributed by atoms with Crippen LogP contribution >= 0.6 is 0 Å². The van der Waals surface area contributed by atoms with Crippen LogP contribution in [0.2, 0.25) is 0 Å². The minimum Gasteiger partial charge on any atom is -0.513 e. The van der Waals surface area contributed by atoms with E-state index in [0.717, 1.165) is 0 Å². The number of carbonyl (C=O) groups is 1. The van der Waals surface area contributed by atoms with Crippen LogP contribution in [0.1, 0.15) is 19.8 Å². The lowest BCUT2D eigenvalue weighted by Gasteiger charge is -2.24. The summed E-state index contributed by atoms with van der Waals surface area (Å²) >= 11 is 0. The Kier molecular flexibility index (Phi) is 4.32. The second-order valence-electron chi connectivity index (χ2n) is 4.01. The van der Waals surface area contributed by atoms with Gasteiger partial charge in [0.05, 0.1) is 12.9 Å². The van der Waals surface area contributed by atoms with Crippen LogP contribution in [0.5, 0.6) is 0 Å². The quantitative estimate of drug-likeness (QED) is 0.600. The molecule has 0 unspecified atom stereocenters. The monoisotopic (exact) mass is 234 g/mol. The van der Waals surface area contributed by atoms with Gasteiger partial charge in [0.15, 0.2) is 0 Å². The van der Waals surface area contributed by atoms with E-state index in [9.17, 15) is 9.90 Å². The summed E-state index contributed by atoms with van der Waals surface area (Å²) < 4.78 is 4.81. The Hall–Kier alpha value is -1.77. The van der Waals surface area contributed by atoms with Gasteiger partial charge < -0.3 is 9.84 Å². The van der Waals surface area contributed by atoms with Crippen LogP contribution in [-0.4, -0.2) is 18.2 Å². The molecule has 0 radical (unpaired) electrons. The lowest BCUT2D eigenvalue weighted by atomic mass is 9.80. The Labute approximate surface area is 102 Å². The van der Waals surface area contributed by atoms with Crippen molar-refractivity contribution in [1.82, 2.24) is 0 Å². The van der Waals surface area contributed by atoms with Crippen molar-refractivity contribution in [3.8, 4) is 0 Å². The van der Waals surface area contributed by atoms with Crippen molar-refractivity contribution in [3.05, 3.63) is 48.3 Å². The second kappa shape index (κ2) is 5.53. The molecule has 0 heterocycles. The van der Waals surface area contributed by atoms with Crippen molar-refractivity contribution in [1.29, 1.82) is 0 Å². The summed E-state index contributed by atoms with van der Waals surface area (Å²) in [6, 6.07) is 0. The molecule has 0 aliphatic heterocycles. The highest BCUT2D eigenvalue weighted by atomic mass is 16.5. The van der Waals surface area contributed by atoms with Crippen molar-refractivity contribution in [2.45, 2.75) is 19.8 Å². The van der Waals surface area contributed by atoms with Gasteiger partial charge in [-0.15, -0.1) is 0 Å². The van der Waals surface area contributed by atoms with Crippen LogP contribution in [0.15, 0.2) is 48.3 Å². The molecule has 1 aliphatic rings. The van der Waals surface area contributed by atoms with Gasteiger partial charge in [-0.2, -0.15) is 0 Å². The molecule has 0 bridgehead atoms. The maximum Gasteiger partial charge on any atom is 0.320 e. The van der Waals surface area contributed by atoms with Crippen molar-refractivity contribution >= 4 is 5.97 Å². The lowest BCUT2D eigenvalue weighted by Crippen LogP contribution is -2.29. The zero-order valence-corrected chi connectivity index (χ0v) is 10.3. The highest BCUT2D eigenvalue weighted by Crippen LogP contribution is 2.42. The topological polar surface area (TPSA) is 46.5 Å².